The summed E-state index contributed by atoms with van der Waals surface area (Å²) in [5.41, 5.74) is 3.90. The summed E-state index contributed by atoms with van der Waals surface area (Å²) in [5.74, 6) is 0.0443. The molecule has 0 fully saturated rings. The monoisotopic (exact) mass is 289 g/mol. The number of aryl methyl sites for hydroxylation is 1. The van der Waals surface area contributed by atoms with Crippen molar-refractivity contribution in [2.24, 2.45) is 0 Å². The minimum atomic E-state index is 0.0443. The standard InChI is InChI=1S/C15H19N3OS/c1-4-12-9(2)14(17-16-12)15(19)18-7-5-13-11(10(18)3)6-8-20-13/h6,8,10H,4-5,7H2,1-3H3,(H,16,17)/t10-/m0/s1. The van der Waals surface area contributed by atoms with Gasteiger partial charge in [-0.2, -0.15) is 5.10 Å². The van der Waals surface area contributed by atoms with Crippen LogP contribution in [0.25, 0.3) is 0 Å². The van der Waals surface area contributed by atoms with Gasteiger partial charge in [0.1, 0.15) is 0 Å². The molecule has 3 rings (SSSR count). The van der Waals surface area contributed by atoms with Crippen molar-refractivity contribution in [1.82, 2.24) is 15.1 Å². The third kappa shape index (κ3) is 1.97. The molecule has 0 aromatic carbocycles. The second-order valence-electron chi connectivity index (χ2n) is 5.25. The molecule has 20 heavy (non-hydrogen) atoms. The summed E-state index contributed by atoms with van der Waals surface area (Å²) in [6.07, 6.45) is 1.82. The van der Waals surface area contributed by atoms with E-state index in [9.17, 15) is 4.79 Å². The molecule has 0 saturated heterocycles. The van der Waals surface area contributed by atoms with Crippen molar-refractivity contribution in [2.75, 3.05) is 6.54 Å². The Morgan fingerprint density at radius 2 is 2.40 bits per heavy atom. The molecule has 0 bridgehead atoms. The Morgan fingerprint density at radius 1 is 1.60 bits per heavy atom. The van der Waals surface area contributed by atoms with Crippen molar-refractivity contribution in [3.8, 4) is 0 Å². The number of nitrogens with zero attached hydrogens (tertiary/aromatic N) is 2. The number of aromatic amines is 1. The number of H-pyrrole nitrogens is 1. The van der Waals surface area contributed by atoms with E-state index in [4.69, 9.17) is 0 Å². The van der Waals surface area contributed by atoms with E-state index in [1.165, 1.54) is 10.4 Å². The highest BCUT2D eigenvalue weighted by Gasteiger charge is 2.31. The van der Waals surface area contributed by atoms with Crippen LogP contribution in [0.4, 0.5) is 0 Å². The number of fused-ring (bicyclic) bond motifs is 1. The fourth-order valence-corrected chi connectivity index (χ4v) is 3.87. The van der Waals surface area contributed by atoms with Crippen molar-refractivity contribution in [3.05, 3.63) is 38.8 Å². The molecular formula is C15H19N3OS. The number of nitrogens with one attached hydrogen (secondary N) is 1. The number of carbonyl (C=O) groups is 1. The molecule has 0 aliphatic carbocycles. The zero-order chi connectivity index (χ0) is 14.3. The minimum Gasteiger partial charge on any atom is -0.330 e. The van der Waals surface area contributed by atoms with Crippen LogP contribution in [0.1, 0.15) is 52.1 Å². The maximum absolute atomic E-state index is 12.7. The van der Waals surface area contributed by atoms with Gasteiger partial charge in [-0.3, -0.25) is 9.89 Å². The van der Waals surface area contributed by atoms with Crippen LogP contribution in [0.2, 0.25) is 0 Å². The van der Waals surface area contributed by atoms with E-state index in [0.29, 0.717) is 5.69 Å². The van der Waals surface area contributed by atoms with Crippen LogP contribution in [0.3, 0.4) is 0 Å². The Kier molecular flexibility index (Phi) is 3.38. The van der Waals surface area contributed by atoms with Gasteiger partial charge in [-0.05, 0) is 43.7 Å². The average Bonchev–Trinajstić information content (AvgIpc) is 3.05. The normalized spacial score (nSPS) is 18.1. The Morgan fingerprint density at radius 3 is 3.10 bits per heavy atom. The van der Waals surface area contributed by atoms with E-state index < -0.39 is 0 Å². The maximum atomic E-state index is 12.7. The van der Waals surface area contributed by atoms with Gasteiger partial charge in [0.05, 0.1) is 6.04 Å². The smallest absolute Gasteiger partial charge is 0.275 e. The van der Waals surface area contributed by atoms with E-state index in [1.807, 2.05) is 11.8 Å². The number of thiophene rings is 1. The first-order valence-corrected chi connectivity index (χ1v) is 7.92. The summed E-state index contributed by atoms with van der Waals surface area (Å²) in [4.78, 5) is 16.1. The van der Waals surface area contributed by atoms with Crippen molar-refractivity contribution >= 4 is 17.2 Å². The Hall–Kier alpha value is -1.62. The molecule has 0 spiro atoms. The Bertz CT molecular complexity index is 643. The van der Waals surface area contributed by atoms with Gasteiger partial charge in [0.25, 0.3) is 5.91 Å². The zero-order valence-corrected chi connectivity index (χ0v) is 12.9. The molecule has 1 N–H and O–H groups in total. The van der Waals surface area contributed by atoms with E-state index in [1.54, 1.807) is 11.3 Å². The first-order chi connectivity index (χ1) is 9.63. The van der Waals surface area contributed by atoms with Gasteiger partial charge in [-0.1, -0.05) is 6.92 Å². The van der Waals surface area contributed by atoms with Gasteiger partial charge in [0.2, 0.25) is 0 Å². The van der Waals surface area contributed by atoms with Crippen LogP contribution in [0.5, 0.6) is 0 Å². The summed E-state index contributed by atoms with van der Waals surface area (Å²) >= 11 is 1.79. The SMILES string of the molecule is CCc1[nH]nc(C(=O)N2CCc3sccc3[C@@H]2C)c1C. The molecular weight excluding hydrogens is 270 g/mol. The lowest BCUT2D eigenvalue weighted by molar-refractivity contribution is 0.0672. The van der Waals surface area contributed by atoms with E-state index in [0.717, 1.165) is 30.6 Å². The molecule has 1 atom stereocenters. The summed E-state index contributed by atoms with van der Waals surface area (Å²) in [6.45, 7) is 6.92. The average molecular weight is 289 g/mol. The van der Waals surface area contributed by atoms with Crippen LogP contribution in [-0.4, -0.2) is 27.5 Å². The van der Waals surface area contributed by atoms with E-state index in [2.05, 4.69) is 35.5 Å². The number of hydrogen-bond acceptors (Lipinski definition) is 3. The molecule has 1 aliphatic rings. The lowest BCUT2D eigenvalue weighted by Gasteiger charge is -2.33. The molecule has 2 aromatic rings. The molecule has 4 nitrogen and oxygen atoms in total. The topological polar surface area (TPSA) is 49.0 Å². The second kappa shape index (κ2) is 5.05. The molecule has 1 aliphatic heterocycles. The van der Waals surface area contributed by atoms with Crippen LogP contribution in [0, 0.1) is 6.92 Å². The van der Waals surface area contributed by atoms with Gasteiger partial charge in [-0.25, -0.2) is 0 Å². The maximum Gasteiger partial charge on any atom is 0.275 e. The summed E-state index contributed by atoms with van der Waals surface area (Å²) in [5, 5.41) is 9.32. The lowest BCUT2D eigenvalue weighted by atomic mass is 10.0. The number of rotatable bonds is 2. The summed E-state index contributed by atoms with van der Waals surface area (Å²) in [6, 6.07) is 2.28. The highest BCUT2D eigenvalue weighted by Crippen LogP contribution is 2.33. The Labute approximate surface area is 122 Å². The van der Waals surface area contributed by atoms with Crippen molar-refractivity contribution in [1.29, 1.82) is 0 Å². The quantitative estimate of drug-likeness (QED) is 0.923. The third-order valence-corrected chi connectivity index (χ3v) is 5.20. The number of aromatic nitrogens is 2. The molecule has 3 heterocycles. The predicted octanol–water partition coefficient (Wildman–Crippen LogP) is 3.10. The van der Waals surface area contributed by atoms with Crippen LogP contribution < -0.4 is 0 Å². The van der Waals surface area contributed by atoms with Gasteiger partial charge in [-0.15, -0.1) is 11.3 Å². The molecule has 5 heteroatoms. The molecule has 2 aromatic heterocycles. The number of amides is 1. The number of carbonyl (C=O) groups excluding carboxylic acids is 1. The molecule has 1 amide bonds. The van der Waals surface area contributed by atoms with Crippen LogP contribution in [0.15, 0.2) is 11.4 Å². The molecule has 106 valence electrons. The summed E-state index contributed by atoms with van der Waals surface area (Å²) in [7, 11) is 0. The predicted molar refractivity (Wildman–Crippen MR) is 80.2 cm³/mol. The van der Waals surface area contributed by atoms with Crippen LogP contribution >= 0.6 is 11.3 Å². The fourth-order valence-electron chi connectivity index (χ4n) is 2.91. The summed E-state index contributed by atoms with van der Waals surface area (Å²) < 4.78 is 0. The van der Waals surface area contributed by atoms with E-state index >= 15 is 0 Å². The minimum absolute atomic E-state index is 0.0443. The van der Waals surface area contributed by atoms with E-state index in [-0.39, 0.29) is 11.9 Å². The Balaban J connectivity index is 1.90. The molecule has 0 saturated carbocycles. The van der Waals surface area contributed by atoms with Crippen molar-refractivity contribution < 1.29 is 4.79 Å². The van der Waals surface area contributed by atoms with Gasteiger partial charge >= 0.3 is 0 Å². The second-order valence-corrected chi connectivity index (χ2v) is 6.25. The highest BCUT2D eigenvalue weighted by atomic mass is 32.1. The molecule has 0 radical (unpaired) electrons. The number of hydrogen-bond donors (Lipinski definition) is 1. The molecule has 0 unspecified atom stereocenters. The van der Waals surface area contributed by atoms with Crippen molar-refractivity contribution in [3.63, 3.8) is 0 Å². The first-order valence-electron chi connectivity index (χ1n) is 7.04. The largest absolute Gasteiger partial charge is 0.330 e. The van der Waals surface area contributed by atoms with Crippen LogP contribution in [-0.2, 0) is 12.8 Å². The highest BCUT2D eigenvalue weighted by molar-refractivity contribution is 7.10. The van der Waals surface area contributed by atoms with Crippen molar-refractivity contribution in [2.45, 2.75) is 39.7 Å². The lowest BCUT2D eigenvalue weighted by Crippen LogP contribution is -2.38. The van der Waals surface area contributed by atoms with Gasteiger partial charge < -0.3 is 4.90 Å². The van der Waals surface area contributed by atoms with Gasteiger partial charge in [0.15, 0.2) is 5.69 Å². The first kappa shape index (κ1) is 13.4. The fraction of sp³-hybridized carbons (Fsp3) is 0.467. The third-order valence-electron chi connectivity index (χ3n) is 4.20. The zero-order valence-electron chi connectivity index (χ0n) is 12.1. The van der Waals surface area contributed by atoms with Gasteiger partial charge in [0, 0.05) is 22.7 Å².